The van der Waals surface area contributed by atoms with Gasteiger partial charge in [-0.2, -0.15) is 5.26 Å². The molecule has 0 radical (unpaired) electrons. The summed E-state index contributed by atoms with van der Waals surface area (Å²) in [6, 6.07) is 15.7. The van der Waals surface area contributed by atoms with Crippen LogP contribution in [0.4, 0.5) is 14.6 Å². The van der Waals surface area contributed by atoms with Gasteiger partial charge in [0.2, 0.25) is 0 Å². The average molecular weight is 620 g/mol. The molecular formula is C23H13F2N7Pt. The van der Waals surface area contributed by atoms with Crippen molar-refractivity contribution in [1.82, 2.24) is 24.9 Å². The van der Waals surface area contributed by atoms with E-state index < -0.39 is 17.3 Å². The van der Waals surface area contributed by atoms with Crippen molar-refractivity contribution in [2.24, 2.45) is 0 Å². The van der Waals surface area contributed by atoms with Crippen molar-refractivity contribution in [3.05, 3.63) is 88.9 Å². The number of hydrogen-bond donors (Lipinski definition) is 0. The Bertz CT molecular complexity index is 1390. The first-order chi connectivity index (χ1) is 15.3. The van der Waals surface area contributed by atoms with Gasteiger partial charge in [-0.15, -0.1) is 6.07 Å². The molecule has 0 amide bonds. The molecule has 0 N–H and O–H groups in total. The monoisotopic (exact) mass is 620 g/mol. The topological polar surface area (TPSA) is 93.8 Å². The van der Waals surface area contributed by atoms with E-state index in [1.165, 1.54) is 0 Å². The molecule has 0 aromatic carbocycles. The minimum absolute atomic E-state index is 0. The summed E-state index contributed by atoms with van der Waals surface area (Å²) < 4.78 is 27.3. The van der Waals surface area contributed by atoms with Crippen LogP contribution >= 0.6 is 0 Å². The molecule has 10 heteroatoms. The van der Waals surface area contributed by atoms with E-state index in [9.17, 15) is 8.78 Å². The molecule has 4 aromatic heterocycles. The molecule has 0 bridgehead atoms. The van der Waals surface area contributed by atoms with Crippen molar-refractivity contribution in [2.45, 2.75) is 19.3 Å². The minimum atomic E-state index is -0.996. The molecule has 0 unspecified atom stereocenters. The zero-order valence-electron chi connectivity index (χ0n) is 17.2. The number of aromatic nitrogens is 5. The summed E-state index contributed by atoms with van der Waals surface area (Å²) in [7, 11) is 0. The van der Waals surface area contributed by atoms with Gasteiger partial charge >= 0.3 is 21.1 Å². The average Bonchev–Trinajstić information content (AvgIpc) is 3.23. The Morgan fingerprint density at radius 2 is 1.67 bits per heavy atom. The molecule has 0 saturated heterocycles. The normalized spacial score (nSPS) is 10.7. The molecule has 0 atom stereocenters. The molecule has 0 aliphatic heterocycles. The van der Waals surface area contributed by atoms with Gasteiger partial charge in [0, 0.05) is 11.1 Å². The molecule has 33 heavy (non-hydrogen) atoms. The van der Waals surface area contributed by atoms with Crippen LogP contribution in [0.2, 0.25) is 0 Å². The molecule has 4 heterocycles. The molecule has 7 nitrogen and oxygen atoms in total. The summed E-state index contributed by atoms with van der Waals surface area (Å²) in [6.07, 6.45) is 0. The molecule has 164 valence electrons. The maximum Gasteiger partial charge on any atom is 2.00 e. The number of hydrogen-bond acceptors (Lipinski definition) is 5. The van der Waals surface area contributed by atoms with Crippen molar-refractivity contribution < 1.29 is 29.8 Å². The van der Waals surface area contributed by atoms with Gasteiger partial charge in [0.05, 0.1) is 11.5 Å². The maximum atomic E-state index is 14.1. The van der Waals surface area contributed by atoms with E-state index in [2.05, 4.69) is 35.8 Å². The fourth-order valence-electron chi connectivity index (χ4n) is 3.12. The summed E-state index contributed by atoms with van der Waals surface area (Å²) in [6.45, 7) is 10.9. The van der Waals surface area contributed by atoms with Crippen LogP contribution in [0, 0.1) is 35.9 Å². The van der Waals surface area contributed by atoms with Gasteiger partial charge in [-0.05, 0) is 37.7 Å². The van der Waals surface area contributed by atoms with Crippen molar-refractivity contribution in [1.29, 1.82) is 5.26 Å². The number of nitrogens with zero attached hydrogens (tertiary/aromatic N) is 7. The Balaban J connectivity index is 0.00000306. The first-order valence-corrected chi connectivity index (χ1v) is 9.35. The van der Waals surface area contributed by atoms with Crippen LogP contribution in [0.15, 0.2) is 42.5 Å². The van der Waals surface area contributed by atoms with Gasteiger partial charge in [0.15, 0.2) is 5.82 Å². The molecule has 0 fully saturated rings. The predicted molar refractivity (Wildman–Crippen MR) is 110 cm³/mol. The Kier molecular flexibility index (Phi) is 6.76. The third kappa shape index (κ3) is 4.55. The summed E-state index contributed by atoms with van der Waals surface area (Å²) in [5.41, 5.74) is 1.06. The largest absolute Gasteiger partial charge is 2.00 e. The van der Waals surface area contributed by atoms with E-state index in [4.69, 9.17) is 11.8 Å². The van der Waals surface area contributed by atoms with Crippen molar-refractivity contribution in [3.8, 4) is 28.8 Å². The van der Waals surface area contributed by atoms with Gasteiger partial charge < -0.3 is 9.83 Å². The summed E-state index contributed by atoms with van der Waals surface area (Å²) in [5, 5.41) is 9.12. The quantitative estimate of drug-likeness (QED) is 0.249. The van der Waals surface area contributed by atoms with Crippen LogP contribution in [0.1, 0.15) is 30.9 Å². The van der Waals surface area contributed by atoms with Gasteiger partial charge in [-0.25, -0.2) is 25.3 Å². The number of imidazole rings is 1. The smallest absolute Gasteiger partial charge is 0.548 e. The summed E-state index contributed by atoms with van der Waals surface area (Å²) in [5.74, 6) is -1.85. The van der Waals surface area contributed by atoms with Crippen LogP contribution in [-0.2, 0) is 26.5 Å². The number of pyridine rings is 3. The number of halogens is 2. The molecule has 0 aliphatic rings. The van der Waals surface area contributed by atoms with Crippen LogP contribution in [-0.4, -0.2) is 19.9 Å². The Morgan fingerprint density at radius 1 is 1.03 bits per heavy atom. The van der Waals surface area contributed by atoms with Gasteiger partial charge in [0.25, 0.3) is 0 Å². The van der Waals surface area contributed by atoms with Crippen LogP contribution < -0.4 is 4.98 Å². The third-order valence-electron chi connectivity index (χ3n) is 4.86. The maximum absolute atomic E-state index is 14.1. The Morgan fingerprint density at radius 3 is 2.24 bits per heavy atom. The SMILES string of the molecule is [C-]#[N+]c1[n-]c(-c2cccc(C(C)(C)c3cccc(-c4[c-]cc(F)nc4F)n3)n2)nc1C#N.[Pt+2]. The summed E-state index contributed by atoms with van der Waals surface area (Å²) in [4.78, 5) is 23.7. The van der Waals surface area contributed by atoms with Crippen molar-refractivity contribution in [2.75, 3.05) is 0 Å². The Labute approximate surface area is 202 Å². The second-order valence-electron chi connectivity index (χ2n) is 7.27. The van der Waals surface area contributed by atoms with E-state index in [1.807, 2.05) is 19.9 Å². The van der Waals surface area contributed by atoms with E-state index in [0.717, 1.165) is 6.07 Å². The van der Waals surface area contributed by atoms with Crippen LogP contribution in [0.5, 0.6) is 0 Å². The van der Waals surface area contributed by atoms with Gasteiger partial charge in [-0.1, -0.05) is 29.8 Å². The standard InChI is InChI=1S/C23H13F2N7.Pt/c1-23(2,17-8-4-6-14(28-17)13-10-11-19(24)31-20(13)25)18-9-5-7-15(29-18)22-30-16(12-26)21(27-3)32-22;/h4-9,11H,1-2H3;/q-2;+2. The van der Waals surface area contributed by atoms with E-state index in [-0.39, 0.29) is 49.7 Å². The minimum Gasteiger partial charge on any atom is -0.548 e. The van der Waals surface area contributed by atoms with Crippen molar-refractivity contribution in [3.63, 3.8) is 0 Å². The van der Waals surface area contributed by atoms with Gasteiger partial charge in [-0.3, -0.25) is 9.97 Å². The van der Waals surface area contributed by atoms with E-state index >= 15 is 0 Å². The zero-order valence-corrected chi connectivity index (χ0v) is 19.5. The molecule has 4 rings (SSSR count). The third-order valence-corrected chi connectivity index (χ3v) is 4.86. The van der Waals surface area contributed by atoms with Crippen molar-refractivity contribution >= 4 is 5.82 Å². The van der Waals surface area contributed by atoms with E-state index in [0.29, 0.717) is 17.1 Å². The van der Waals surface area contributed by atoms with Crippen LogP contribution in [0.25, 0.3) is 27.6 Å². The molecular weight excluding hydrogens is 607 g/mol. The van der Waals surface area contributed by atoms with Gasteiger partial charge in [0.1, 0.15) is 29.4 Å². The molecule has 0 spiro atoms. The first-order valence-electron chi connectivity index (χ1n) is 9.35. The second kappa shape index (κ2) is 9.36. The fraction of sp³-hybridized carbons (Fsp3) is 0.130. The number of nitriles is 1. The molecule has 0 saturated carbocycles. The van der Waals surface area contributed by atoms with Crippen LogP contribution in [0.3, 0.4) is 0 Å². The second-order valence-corrected chi connectivity index (χ2v) is 7.27. The first kappa shape index (κ1) is 23.8. The predicted octanol–water partition coefficient (Wildman–Crippen LogP) is 4.38. The number of rotatable bonds is 4. The van der Waals surface area contributed by atoms with E-state index in [1.54, 1.807) is 36.4 Å². The molecule has 4 aromatic rings. The molecule has 0 aliphatic carbocycles. The fourth-order valence-corrected chi connectivity index (χ4v) is 3.12. The zero-order chi connectivity index (χ0) is 22.9. The summed E-state index contributed by atoms with van der Waals surface area (Å²) >= 11 is 0. The Hall–Kier alpha value is -3.81.